The quantitative estimate of drug-likeness (QED) is 0.292. The molecule has 3 aromatic heterocycles. The van der Waals surface area contributed by atoms with Gasteiger partial charge < -0.3 is 19.5 Å². The molecule has 1 unspecified atom stereocenters. The molecule has 0 saturated carbocycles. The van der Waals surface area contributed by atoms with Crippen molar-refractivity contribution in [2.24, 2.45) is 5.92 Å². The molecule has 0 bridgehead atoms. The zero-order chi connectivity index (χ0) is 25.9. The van der Waals surface area contributed by atoms with E-state index in [0.29, 0.717) is 17.1 Å². The van der Waals surface area contributed by atoms with Crippen LogP contribution in [0.3, 0.4) is 0 Å². The number of benzene rings is 1. The first-order valence-corrected chi connectivity index (χ1v) is 14.5. The Hall–Kier alpha value is -3.25. The van der Waals surface area contributed by atoms with Gasteiger partial charge in [0.15, 0.2) is 16.5 Å². The van der Waals surface area contributed by atoms with Crippen molar-refractivity contribution in [1.82, 2.24) is 20.1 Å². The molecular formula is C25H30N6O4S2. The highest BCUT2D eigenvalue weighted by Gasteiger charge is 2.28. The van der Waals surface area contributed by atoms with Crippen molar-refractivity contribution in [3.05, 3.63) is 42.2 Å². The molecule has 37 heavy (non-hydrogen) atoms. The van der Waals surface area contributed by atoms with Crippen LogP contribution in [0.5, 0.6) is 5.19 Å². The lowest BCUT2D eigenvalue weighted by Gasteiger charge is -2.33. The van der Waals surface area contributed by atoms with E-state index in [-0.39, 0.29) is 17.9 Å². The molecule has 1 aromatic carbocycles. The van der Waals surface area contributed by atoms with E-state index in [0.717, 1.165) is 59.0 Å². The van der Waals surface area contributed by atoms with Crippen LogP contribution in [-0.4, -0.2) is 53.6 Å². The third kappa shape index (κ3) is 6.02. The Labute approximate surface area is 221 Å². The molecule has 1 N–H and O–H groups in total. The number of hydrogen-bond donors (Lipinski definition) is 2. The number of thiazole rings is 1. The molecule has 196 valence electrons. The van der Waals surface area contributed by atoms with Gasteiger partial charge >= 0.3 is 6.01 Å². The molecule has 1 atom stereocenters. The van der Waals surface area contributed by atoms with Gasteiger partial charge in [0.05, 0.1) is 5.69 Å². The van der Waals surface area contributed by atoms with E-state index in [1.165, 1.54) is 11.3 Å². The Balaban J connectivity index is 1.19. The zero-order valence-electron chi connectivity index (χ0n) is 21.0. The Bertz CT molecular complexity index is 1420. The Morgan fingerprint density at radius 3 is 2.51 bits per heavy atom. The summed E-state index contributed by atoms with van der Waals surface area (Å²) >= 11 is 1.45. The molecule has 0 amide bonds. The van der Waals surface area contributed by atoms with Crippen molar-refractivity contribution in [1.29, 1.82) is 0 Å². The van der Waals surface area contributed by atoms with Gasteiger partial charge in [0.1, 0.15) is 22.3 Å². The Morgan fingerprint density at radius 2 is 1.84 bits per heavy atom. The second-order valence-corrected chi connectivity index (χ2v) is 11.4. The maximum atomic E-state index is 10.8. The standard InChI is InChI=1S/C25H30N6O4S2/c1-15(2)22-29-24(35-30-22)31-12-10-17(11-13-31)16(3)34-25-28-21-9-8-20(27-23(21)36-25)18-4-6-19(7-5-18)26-14-37(32)33/h4-9,15-17,26,37H,10-14H2,1-3H3. The third-order valence-electron chi connectivity index (χ3n) is 6.54. The van der Waals surface area contributed by atoms with Gasteiger partial charge in [0.25, 0.3) is 5.19 Å². The fourth-order valence-corrected chi connectivity index (χ4v) is 5.51. The minimum Gasteiger partial charge on any atom is -0.467 e. The molecule has 4 aromatic rings. The highest BCUT2D eigenvalue weighted by atomic mass is 32.2. The van der Waals surface area contributed by atoms with Gasteiger partial charge in [-0.25, -0.2) is 18.4 Å². The average molecular weight is 543 g/mol. The minimum absolute atomic E-state index is 0.0282. The number of piperidine rings is 1. The summed E-state index contributed by atoms with van der Waals surface area (Å²) in [6.07, 6.45) is 1.98. The molecule has 0 radical (unpaired) electrons. The van der Waals surface area contributed by atoms with E-state index in [4.69, 9.17) is 14.2 Å². The van der Waals surface area contributed by atoms with Crippen molar-refractivity contribution in [2.45, 2.75) is 45.6 Å². The van der Waals surface area contributed by atoms with Crippen LogP contribution in [0.2, 0.25) is 0 Å². The minimum atomic E-state index is -2.47. The number of nitrogens with one attached hydrogen (secondary N) is 1. The summed E-state index contributed by atoms with van der Waals surface area (Å²) in [5.74, 6) is 1.31. The number of nitrogens with zero attached hydrogens (tertiary/aromatic N) is 5. The summed E-state index contributed by atoms with van der Waals surface area (Å²) in [7, 11) is -2.47. The van der Waals surface area contributed by atoms with E-state index < -0.39 is 10.7 Å². The maximum absolute atomic E-state index is 10.8. The van der Waals surface area contributed by atoms with E-state index in [1.807, 2.05) is 36.4 Å². The van der Waals surface area contributed by atoms with Gasteiger partial charge in [-0.15, -0.1) is 0 Å². The van der Waals surface area contributed by atoms with E-state index in [9.17, 15) is 8.42 Å². The molecule has 1 saturated heterocycles. The van der Waals surface area contributed by atoms with E-state index >= 15 is 0 Å². The zero-order valence-corrected chi connectivity index (χ0v) is 22.7. The van der Waals surface area contributed by atoms with Crippen molar-refractivity contribution < 1.29 is 17.7 Å². The number of pyridine rings is 1. The van der Waals surface area contributed by atoms with Crippen LogP contribution in [0.15, 0.2) is 40.9 Å². The summed E-state index contributed by atoms with van der Waals surface area (Å²) in [5.41, 5.74) is 3.32. The molecule has 1 aliphatic heterocycles. The van der Waals surface area contributed by atoms with Gasteiger partial charge in [-0.3, -0.25) is 0 Å². The average Bonchev–Trinajstić information content (AvgIpc) is 3.55. The summed E-state index contributed by atoms with van der Waals surface area (Å²) in [6.45, 7) is 7.92. The van der Waals surface area contributed by atoms with E-state index in [1.54, 1.807) is 0 Å². The molecule has 4 heterocycles. The Morgan fingerprint density at radius 1 is 1.08 bits per heavy atom. The van der Waals surface area contributed by atoms with Crippen LogP contribution >= 0.6 is 11.3 Å². The largest absolute Gasteiger partial charge is 0.467 e. The highest BCUT2D eigenvalue weighted by molar-refractivity contribution is 7.72. The van der Waals surface area contributed by atoms with Crippen molar-refractivity contribution in [2.75, 3.05) is 29.2 Å². The van der Waals surface area contributed by atoms with Gasteiger partial charge in [-0.2, -0.15) is 4.98 Å². The fraction of sp³-hybridized carbons (Fsp3) is 0.440. The number of hydrogen-bond acceptors (Lipinski definition) is 11. The molecule has 0 aliphatic carbocycles. The smallest absolute Gasteiger partial charge is 0.324 e. The first-order valence-electron chi connectivity index (χ1n) is 12.3. The number of ether oxygens (including phenoxy) is 1. The number of anilines is 2. The van der Waals surface area contributed by atoms with Crippen LogP contribution in [0.1, 0.15) is 45.4 Å². The second-order valence-electron chi connectivity index (χ2n) is 9.48. The molecule has 1 fully saturated rings. The topological polar surface area (TPSA) is 123 Å². The van der Waals surface area contributed by atoms with Gasteiger partial charge in [0.2, 0.25) is 0 Å². The van der Waals surface area contributed by atoms with Crippen LogP contribution < -0.4 is 15.0 Å². The van der Waals surface area contributed by atoms with E-state index in [2.05, 4.69) is 46.1 Å². The number of rotatable bonds is 9. The molecule has 5 rings (SSSR count). The maximum Gasteiger partial charge on any atom is 0.324 e. The highest BCUT2D eigenvalue weighted by Crippen LogP contribution is 2.32. The first-order chi connectivity index (χ1) is 17.9. The Kier molecular flexibility index (Phi) is 7.56. The molecule has 1 aliphatic rings. The number of thiol groups is 1. The number of fused-ring (bicyclic) bond motifs is 1. The van der Waals surface area contributed by atoms with Gasteiger partial charge in [0, 0.05) is 30.3 Å². The van der Waals surface area contributed by atoms with Crippen LogP contribution in [0.4, 0.5) is 11.7 Å². The summed E-state index contributed by atoms with van der Waals surface area (Å²) in [6, 6.07) is 12.0. The molecular weight excluding hydrogens is 512 g/mol. The second kappa shape index (κ2) is 11.0. The SMILES string of the molecule is CC(C)c1noc(N2CCC(C(C)Oc3nc4ccc(-c5ccc(NC[SH](=O)=O)cc5)nc4s3)CC2)n1. The predicted molar refractivity (Wildman–Crippen MR) is 145 cm³/mol. The van der Waals surface area contributed by atoms with Crippen molar-refractivity contribution in [3.63, 3.8) is 0 Å². The van der Waals surface area contributed by atoms with Crippen LogP contribution in [0, 0.1) is 5.92 Å². The molecule has 12 heteroatoms. The number of aromatic nitrogens is 4. The lowest BCUT2D eigenvalue weighted by atomic mass is 9.92. The molecule has 0 spiro atoms. The van der Waals surface area contributed by atoms with Crippen molar-refractivity contribution in [3.8, 4) is 16.5 Å². The van der Waals surface area contributed by atoms with Crippen LogP contribution in [0.25, 0.3) is 21.6 Å². The third-order valence-corrected chi connectivity index (χ3v) is 7.81. The van der Waals surface area contributed by atoms with Gasteiger partial charge in [-0.1, -0.05) is 42.5 Å². The summed E-state index contributed by atoms with van der Waals surface area (Å²) < 4.78 is 33.3. The monoisotopic (exact) mass is 542 g/mol. The lowest BCUT2D eigenvalue weighted by Crippen LogP contribution is -2.38. The van der Waals surface area contributed by atoms with Gasteiger partial charge in [-0.05, 0) is 49.9 Å². The first kappa shape index (κ1) is 25.4. The fourth-order valence-electron chi connectivity index (χ4n) is 4.33. The predicted octanol–water partition coefficient (Wildman–Crippen LogP) is 4.53. The van der Waals surface area contributed by atoms with Crippen molar-refractivity contribution >= 4 is 44.1 Å². The molecule has 10 nitrogen and oxygen atoms in total. The lowest BCUT2D eigenvalue weighted by molar-refractivity contribution is 0.131. The van der Waals surface area contributed by atoms with Crippen LogP contribution in [-0.2, 0) is 10.7 Å². The normalized spacial score (nSPS) is 15.5. The summed E-state index contributed by atoms with van der Waals surface area (Å²) in [5, 5.41) is 7.56. The summed E-state index contributed by atoms with van der Waals surface area (Å²) in [4.78, 5) is 16.9.